The summed E-state index contributed by atoms with van der Waals surface area (Å²) in [5.74, 6) is 0.0739. The Morgan fingerprint density at radius 2 is 1.97 bits per heavy atom. The van der Waals surface area contributed by atoms with E-state index < -0.39 is 0 Å². The van der Waals surface area contributed by atoms with Crippen LogP contribution in [0.15, 0.2) is 34.3 Å². The fraction of sp³-hybridized carbons (Fsp3) is 0.286. The summed E-state index contributed by atoms with van der Waals surface area (Å²) in [6.07, 6.45) is 3.09. The van der Waals surface area contributed by atoms with Gasteiger partial charge in [-0.05, 0) is 43.0 Å². The molecule has 0 unspecified atom stereocenters. The minimum absolute atomic E-state index is 0.107. The van der Waals surface area contributed by atoms with E-state index in [0.717, 1.165) is 29.7 Å². The second-order valence-electron chi connectivity index (χ2n) is 6.48. The first kappa shape index (κ1) is 21.1. The second kappa shape index (κ2) is 9.24. The third-order valence-corrected chi connectivity index (χ3v) is 5.72. The van der Waals surface area contributed by atoms with Crippen LogP contribution >= 0.6 is 22.9 Å². The number of furan rings is 1. The topological polar surface area (TPSA) is 84.2 Å². The van der Waals surface area contributed by atoms with Gasteiger partial charge in [-0.3, -0.25) is 14.9 Å². The lowest BCUT2D eigenvalue weighted by Crippen LogP contribution is -2.17. The molecule has 2 N–H and O–H groups in total. The number of hydrogen-bond acceptors (Lipinski definition) is 5. The standard InChI is InChI=1S/C21H22ClN3O3S/c1-4-13-6-7-17(22)15(5-2)19(13)24-18(26)10-14-11-29-21(23-14)25-20(27)16-8-9-28-12(16)3/h6-9,11H,4-5,10H2,1-3H3,(H,24,26)(H,23,25,27). The Morgan fingerprint density at radius 3 is 2.62 bits per heavy atom. The number of thiazole rings is 1. The minimum atomic E-state index is -0.291. The Kier molecular flexibility index (Phi) is 6.71. The molecule has 0 bridgehead atoms. The van der Waals surface area contributed by atoms with Crippen molar-refractivity contribution in [1.82, 2.24) is 4.98 Å². The molecule has 3 rings (SSSR count). The van der Waals surface area contributed by atoms with Gasteiger partial charge in [-0.25, -0.2) is 4.98 Å². The quantitative estimate of drug-likeness (QED) is 0.534. The summed E-state index contributed by atoms with van der Waals surface area (Å²) in [7, 11) is 0. The van der Waals surface area contributed by atoms with Gasteiger partial charge < -0.3 is 9.73 Å². The molecule has 0 radical (unpaired) electrons. The van der Waals surface area contributed by atoms with E-state index in [4.69, 9.17) is 16.0 Å². The molecule has 0 aliphatic heterocycles. The van der Waals surface area contributed by atoms with E-state index in [9.17, 15) is 9.59 Å². The number of aromatic nitrogens is 1. The maximum atomic E-state index is 12.6. The molecule has 0 aliphatic rings. The van der Waals surface area contributed by atoms with Crippen molar-refractivity contribution in [2.75, 3.05) is 10.6 Å². The first-order valence-corrected chi connectivity index (χ1v) is 10.6. The summed E-state index contributed by atoms with van der Waals surface area (Å²) in [6, 6.07) is 5.41. The summed E-state index contributed by atoms with van der Waals surface area (Å²) in [5.41, 5.74) is 3.80. The highest BCUT2D eigenvalue weighted by atomic mass is 35.5. The average Bonchev–Trinajstić information content (AvgIpc) is 3.30. The number of anilines is 2. The van der Waals surface area contributed by atoms with Crippen LogP contribution in [0.2, 0.25) is 5.02 Å². The van der Waals surface area contributed by atoms with Crippen LogP contribution in [0.5, 0.6) is 0 Å². The highest BCUT2D eigenvalue weighted by Crippen LogP contribution is 2.29. The first-order chi connectivity index (χ1) is 13.9. The summed E-state index contributed by atoms with van der Waals surface area (Å²) < 4.78 is 5.14. The third kappa shape index (κ3) is 4.86. The number of benzene rings is 1. The van der Waals surface area contributed by atoms with Crippen molar-refractivity contribution < 1.29 is 14.0 Å². The van der Waals surface area contributed by atoms with Crippen LogP contribution in [0.4, 0.5) is 10.8 Å². The van der Waals surface area contributed by atoms with E-state index in [1.54, 1.807) is 18.4 Å². The molecule has 2 aromatic heterocycles. The van der Waals surface area contributed by atoms with Crippen LogP contribution in [0, 0.1) is 6.92 Å². The van der Waals surface area contributed by atoms with Gasteiger partial charge in [0.05, 0.1) is 23.9 Å². The third-order valence-electron chi connectivity index (χ3n) is 4.56. The molecule has 2 heterocycles. The van der Waals surface area contributed by atoms with Crippen LogP contribution in [-0.4, -0.2) is 16.8 Å². The summed E-state index contributed by atoms with van der Waals surface area (Å²) in [4.78, 5) is 29.2. The van der Waals surface area contributed by atoms with Gasteiger partial charge in [-0.15, -0.1) is 11.3 Å². The molecule has 152 valence electrons. The predicted molar refractivity (Wildman–Crippen MR) is 116 cm³/mol. The van der Waals surface area contributed by atoms with Crippen molar-refractivity contribution >= 4 is 45.6 Å². The van der Waals surface area contributed by atoms with Gasteiger partial charge in [-0.1, -0.05) is 31.5 Å². The van der Waals surface area contributed by atoms with Crippen molar-refractivity contribution in [2.45, 2.75) is 40.0 Å². The maximum Gasteiger partial charge on any atom is 0.260 e. The molecule has 0 saturated heterocycles. The van der Waals surface area contributed by atoms with Crippen molar-refractivity contribution in [3.05, 3.63) is 63.0 Å². The molecule has 29 heavy (non-hydrogen) atoms. The van der Waals surface area contributed by atoms with E-state index in [0.29, 0.717) is 27.2 Å². The van der Waals surface area contributed by atoms with Crippen LogP contribution in [0.1, 0.15) is 46.8 Å². The maximum absolute atomic E-state index is 12.6. The van der Waals surface area contributed by atoms with Crippen molar-refractivity contribution in [1.29, 1.82) is 0 Å². The Balaban J connectivity index is 1.68. The highest BCUT2D eigenvalue weighted by Gasteiger charge is 2.16. The van der Waals surface area contributed by atoms with Crippen LogP contribution < -0.4 is 10.6 Å². The number of carbonyl (C=O) groups excluding carboxylic acids is 2. The molecule has 0 spiro atoms. The van der Waals surface area contributed by atoms with Gasteiger partial charge in [-0.2, -0.15) is 0 Å². The molecule has 0 saturated carbocycles. The van der Waals surface area contributed by atoms with Gasteiger partial charge in [0.2, 0.25) is 5.91 Å². The van der Waals surface area contributed by atoms with Gasteiger partial charge in [0.1, 0.15) is 5.76 Å². The monoisotopic (exact) mass is 431 g/mol. The van der Waals surface area contributed by atoms with Crippen molar-refractivity contribution in [3.8, 4) is 0 Å². The molecule has 6 nitrogen and oxygen atoms in total. The zero-order chi connectivity index (χ0) is 21.0. The van der Waals surface area contributed by atoms with E-state index in [-0.39, 0.29) is 18.2 Å². The van der Waals surface area contributed by atoms with E-state index in [1.807, 2.05) is 26.0 Å². The zero-order valence-corrected chi connectivity index (χ0v) is 18.0. The number of carbonyl (C=O) groups is 2. The number of nitrogens with one attached hydrogen (secondary N) is 2. The molecule has 0 atom stereocenters. The number of aryl methyl sites for hydroxylation is 2. The van der Waals surface area contributed by atoms with E-state index in [1.165, 1.54) is 17.6 Å². The summed E-state index contributed by atoms with van der Waals surface area (Å²) in [6.45, 7) is 5.76. The summed E-state index contributed by atoms with van der Waals surface area (Å²) in [5, 5.41) is 8.57. The van der Waals surface area contributed by atoms with Crippen LogP contribution in [-0.2, 0) is 24.1 Å². The number of hydrogen-bond donors (Lipinski definition) is 2. The Bertz CT molecular complexity index is 1040. The Labute approximate surface area is 178 Å². The lowest BCUT2D eigenvalue weighted by Gasteiger charge is -2.15. The molecule has 1 aromatic carbocycles. The molecule has 8 heteroatoms. The van der Waals surface area contributed by atoms with E-state index in [2.05, 4.69) is 15.6 Å². The lowest BCUT2D eigenvalue weighted by molar-refractivity contribution is -0.115. The van der Waals surface area contributed by atoms with Crippen LogP contribution in [0.25, 0.3) is 0 Å². The number of amides is 2. The Hall–Kier alpha value is -2.64. The lowest BCUT2D eigenvalue weighted by atomic mass is 10.0. The number of halogens is 1. The number of rotatable bonds is 7. The summed E-state index contributed by atoms with van der Waals surface area (Å²) >= 11 is 7.57. The molecule has 0 aliphatic carbocycles. The van der Waals surface area contributed by atoms with Gasteiger partial charge in [0.15, 0.2) is 5.13 Å². The second-order valence-corrected chi connectivity index (χ2v) is 7.75. The molecular formula is C21H22ClN3O3S. The molecule has 3 aromatic rings. The fourth-order valence-corrected chi connectivity index (χ4v) is 4.04. The Morgan fingerprint density at radius 1 is 1.17 bits per heavy atom. The minimum Gasteiger partial charge on any atom is -0.469 e. The average molecular weight is 432 g/mol. The number of nitrogens with zero attached hydrogens (tertiary/aromatic N) is 1. The zero-order valence-electron chi connectivity index (χ0n) is 16.5. The first-order valence-electron chi connectivity index (χ1n) is 9.32. The smallest absolute Gasteiger partial charge is 0.260 e. The van der Waals surface area contributed by atoms with Crippen molar-refractivity contribution in [2.24, 2.45) is 0 Å². The van der Waals surface area contributed by atoms with Gasteiger partial charge >= 0.3 is 0 Å². The fourth-order valence-electron chi connectivity index (χ4n) is 3.05. The largest absolute Gasteiger partial charge is 0.469 e. The highest BCUT2D eigenvalue weighted by molar-refractivity contribution is 7.14. The van der Waals surface area contributed by atoms with Gasteiger partial charge in [0, 0.05) is 16.1 Å². The molecular weight excluding hydrogens is 410 g/mol. The van der Waals surface area contributed by atoms with Crippen molar-refractivity contribution in [3.63, 3.8) is 0 Å². The van der Waals surface area contributed by atoms with Crippen LogP contribution in [0.3, 0.4) is 0 Å². The SMILES string of the molecule is CCc1ccc(Cl)c(CC)c1NC(=O)Cc1csc(NC(=O)c2ccoc2C)n1. The molecule has 2 amide bonds. The van der Waals surface area contributed by atoms with Gasteiger partial charge in [0.25, 0.3) is 5.91 Å². The normalized spacial score (nSPS) is 10.8. The molecule has 0 fully saturated rings. The van der Waals surface area contributed by atoms with E-state index >= 15 is 0 Å². The predicted octanol–water partition coefficient (Wildman–Crippen LogP) is 5.26.